The molecule has 0 aliphatic carbocycles. The third-order valence-corrected chi connectivity index (χ3v) is 9.98. The maximum Gasteiger partial charge on any atom is 0.419 e. The lowest BCUT2D eigenvalue weighted by Gasteiger charge is -2.27. The second-order valence-electron chi connectivity index (χ2n) is 8.04. The summed E-state index contributed by atoms with van der Waals surface area (Å²) < 4.78 is 75.3. The van der Waals surface area contributed by atoms with Crippen molar-refractivity contribution in [3.63, 3.8) is 0 Å². The topological polar surface area (TPSA) is 67.4 Å². The Kier molecular flexibility index (Phi) is 7.57. The molecule has 2 aromatic carbocycles. The van der Waals surface area contributed by atoms with Gasteiger partial charge < -0.3 is 10.1 Å². The molecular weight excluding hydrogens is 564 g/mol. The number of rotatable bonds is 7. The molecule has 13 heteroatoms. The van der Waals surface area contributed by atoms with Crippen molar-refractivity contribution in [3.8, 4) is 5.75 Å². The van der Waals surface area contributed by atoms with E-state index in [2.05, 4.69) is 10.0 Å². The molecule has 0 bridgehead atoms. The monoisotopic (exact) mass is 582 g/mol. The van der Waals surface area contributed by atoms with Crippen LogP contribution in [0.4, 0.5) is 18.9 Å². The zero-order valence-corrected chi connectivity index (χ0v) is 22.0. The van der Waals surface area contributed by atoms with E-state index in [1.807, 2.05) is 0 Å². The molecular formula is C22H19Cl2F3N2O3S3. The summed E-state index contributed by atoms with van der Waals surface area (Å²) in [6.07, 6.45) is -4.13. The number of hydrogen-bond donors (Lipinski definition) is 2. The molecule has 1 atom stereocenters. The fraction of sp³-hybridized carbons (Fsp3) is 0.273. The van der Waals surface area contributed by atoms with Crippen molar-refractivity contribution in [2.75, 3.05) is 17.8 Å². The van der Waals surface area contributed by atoms with Crippen LogP contribution in [0.2, 0.25) is 10.0 Å². The van der Waals surface area contributed by atoms with Crippen molar-refractivity contribution in [1.29, 1.82) is 0 Å². The van der Waals surface area contributed by atoms with Crippen molar-refractivity contribution >= 4 is 62.0 Å². The Morgan fingerprint density at radius 3 is 2.54 bits per heavy atom. The molecule has 188 valence electrons. The molecule has 2 N–H and O–H groups in total. The molecule has 5 nitrogen and oxygen atoms in total. The van der Waals surface area contributed by atoms with Gasteiger partial charge in [0.1, 0.15) is 15.6 Å². The van der Waals surface area contributed by atoms with E-state index in [1.54, 1.807) is 31.2 Å². The van der Waals surface area contributed by atoms with Gasteiger partial charge in [-0.3, -0.25) is 4.72 Å². The first-order valence-electron chi connectivity index (χ1n) is 10.2. The van der Waals surface area contributed by atoms with E-state index in [-0.39, 0.29) is 9.90 Å². The van der Waals surface area contributed by atoms with E-state index in [0.717, 1.165) is 34.4 Å². The zero-order valence-electron chi connectivity index (χ0n) is 18.1. The van der Waals surface area contributed by atoms with Crippen LogP contribution in [0.25, 0.3) is 0 Å². The van der Waals surface area contributed by atoms with Crippen LogP contribution in [0.1, 0.15) is 18.9 Å². The molecule has 0 unspecified atom stereocenters. The molecule has 0 radical (unpaired) electrons. The number of benzene rings is 2. The minimum atomic E-state index is -4.65. The molecule has 1 saturated heterocycles. The van der Waals surface area contributed by atoms with E-state index >= 15 is 0 Å². The molecule has 4 rings (SSSR count). The molecule has 0 saturated carbocycles. The molecule has 1 aliphatic heterocycles. The van der Waals surface area contributed by atoms with Crippen LogP contribution in [-0.2, 0) is 16.2 Å². The molecule has 0 amide bonds. The van der Waals surface area contributed by atoms with Crippen LogP contribution in [0.15, 0.2) is 61.8 Å². The first kappa shape index (κ1) is 26.4. The van der Waals surface area contributed by atoms with Gasteiger partial charge in [-0.15, -0.1) is 11.3 Å². The standard InChI is InChI=1S/C22H19Cl2F3N2O3S3/c1-21(8-9-28-12-21)32-18-10-13(2-4-15(18)22(25,26)27)29-35(30,31)20-7-6-19(34-20)33-14-3-5-16(23)17(24)11-14/h2-7,10-11,28-29H,8-9,12H2,1H3/t21-/m1/s1. The smallest absolute Gasteiger partial charge is 0.419 e. The zero-order chi connectivity index (χ0) is 25.4. The first-order valence-corrected chi connectivity index (χ1v) is 14.1. The number of halogens is 5. The van der Waals surface area contributed by atoms with Gasteiger partial charge in [0.15, 0.2) is 0 Å². The highest BCUT2D eigenvalue weighted by molar-refractivity contribution is 8.02. The van der Waals surface area contributed by atoms with Gasteiger partial charge in [0, 0.05) is 23.9 Å². The molecule has 1 aliphatic rings. The number of hydrogen-bond acceptors (Lipinski definition) is 6. The fourth-order valence-electron chi connectivity index (χ4n) is 3.42. The number of alkyl halides is 3. The normalized spacial score (nSPS) is 18.6. The average molecular weight is 584 g/mol. The largest absolute Gasteiger partial charge is 0.485 e. The summed E-state index contributed by atoms with van der Waals surface area (Å²) in [6.45, 7) is 2.71. The highest BCUT2D eigenvalue weighted by atomic mass is 35.5. The average Bonchev–Trinajstić information content (AvgIpc) is 3.39. The molecule has 35 heavy (non-hydrogen) atoms. The Bertz CT molecular complexity index is 1340. The summed E-state index contributed by atoms with van der Waals surface area (Å²) in [7, 11) is -4.05. The molecule has 1 fully saturated rings. The van der Waals surface area contributed by atoms with E-state index in [9.17, 15) is 21.6 Å². The lowest BCUT2D eigenvalue weighted by atomic mass is 10.1. The summed E-state index contributed by atoms with van der Waals surface area (Å²) in [5, 5.41) is 3.85. The maximum atomic E-state index is 13.6. The van der Waals surface area contributed by atoms with Crippen molar-refractivity contribution in [1.82, 2.24) is 5.32 Å². The van der Waals surface area contributed by atoms with Crippen LogP contribution in [0.3, 0.4) is 0 Å². The van der Waals surface area contributed by atoms with Crippen molar-refractivity contribution < 1.29 is 26.3 Å². The Labute approximate surface area is 219 Å². The Morgan fingerprint density at radius 2 is 1.89 bits per heavy atom. The number of sulfonamides is 1. The third kappa shape index (κ3) is 6.39. The molecule has 0 spiro atoms. The minimum Gasteiger partial charge on any atom is -0.485 e. The number of nitrogens with one attached hydrogen (secondary N) is 2. The fourth-order valence-corrected chi connectivity index (χ4v) is 7.43. The highest BCUT2D eigenvalue weighted by Crippen LogP contribution is 2.41. The van der Waals surface area contributed by atoms with Gasteiger partial charge in [-0.25, -0.2) is 8.42 Å². The Balaban J connectivity index is 1.56. The van der Waals surface area contributed by atoms with Crippen LogP contribution in [0, 0.1) is 0 Å². The maximum absolute atomic E-state index is 13.6. The molecule has 1 aromatic heterocycles. The summed E-state index contributed by atoms with van der Waals surface area (Å²) in [4.78, 5) is 0.776. The Hall–Kier alpha value is -1.63. The minimum absolute atomic E-state index is 0.00869. The van der Waals surface area contributed by atoms with Crippen molar-refractivity contribution in [2.45, 2.75) is 38.4 Å². The van der Waals surface area contributed by atoms with Gasteiger partial charge in [-0.05, 0) is 55.9 Å². The predicted molar refractivity (Wildman–Crippen MR) is 134 cm³/mol. The highest BCUT2D eigenvalue weighted by Gasteiger charge is 2.38. The van der Waals surface area contributed by atoms with E-state index in [1.165, 1.54) is 17.8 Å². The third-order valence-electron chi connectivity index (χ3n) is 5.16. The van der Waals surface area contributed by atoms with Gasteiger partial charge in [0.2, 0.25) is 0 Å². The quantitative estimate of drug-likeness (QED) is 0.309. The van der Waals surface area contributed by atoms with Crippen LogP contribution in [0.5, 0.6) is 5.75 Å². The van der Waals surface area contributed by atoms with Crippen LogP contribution >= 0.6 is 46.3 Å². The Morgan fingerprint density at radius 1 is 1.11 bits per heavy atom. The summed E-state index contributed by atoms with van der Waals surface area (Å²) >= 11 is 14.3. The van der Waals surface area contributed by atoms with Gasteiger partial charge in [0.05, 0.1) is 25.5 Å². The second kappa shape index (κ2) is 10.0. The van der Waals surface area contributed by atoms with E-state index in [4.69, 9.17) is 27.9 Å². The summed E-state index contributed by atoms with van der Waals surface area (Å²) in [6, 6.07) is 11.1. The second-order valence-corrected chi connectivity index (χ2v) is 13.2. The van der Waals surface area contributed by atoms with Crippen molar-refractivity contribution in [2.24, 2.45) is 0 Å². The summed E-state index contributed by atoms with van der Waals surface area (Å²) in [5.41, 5.74) is -1.83. The predicted octanol–water partition coefficient (Wildman–Crippen LogP) is 7.16. The molecule has 3 aromatic rings. The number of thiophene rings is 1. The van der Waals surface area contributed by atoms with E-state index < -0.39 is 33.1 Å². The number of ether oxygens (including phenoxy) is 1. The van der Waals surface area contributed by atoms with Gasteiger partial charge in [0.25, 0.3) is 10.0 Å². The summed E-state index contributed by atoms with van der Waals surface area (Å²) in [5.74, 6) is -0.425. The first-order chi connectivity index (χ1) is 16.3. The van der Waals surface area contributed by atoms with Crippen molar-refractivity contribution in [3.05, 3.63) is 64.1 Å². The van der Waals surface area contributed by atoms with Gasteiger partial charge in [-0.2, -0.15) is 13.2 Å². The van der Waals surface area contributed by atoms with Crippen LogP contribution in [-0.4, -0.2) is 27.1 Å². The SMILES string of the molecule is C[C@@]1(Oc2cc(NS(=O)(=O)c3ccc(Sc4ccc(Cl)c(Cl)c4)s3)ccc2C(F)(F)F)CCNC1. The van der Waals surface area contributed by atoms with Gasteiger partial charge in [-0.1, -0.05) is 35.0 Å². The van der Waals surface area contributed by atoms with Gasteiger partial charge >= 0.3 is 6.18 Å². The van der Waals surface area contributed by atoms with E-state index in [0.29, 0.717) is 33.8 Å². The molecule has 2 heterocycles. The lowest BCUT2D eigenvalue weighted by Crippen LogP contribution is -2.35. The van der Waals surface area contributed by atoms with Crippen LogP contribution < -0.4 is 14.8 Å². The number of anilines is 1. The lowest BCUT2D eigenvalue weighted by molar-refractivity contribution is -0.139.